The van der Waals surface area contributed by atoms with Crippen LogP contribution in [0.2, 0.25) is 0 Å². The molecule has 1 aliphatic heterocycles. The van der Waals surface area contributed by atoms with Crippen LogP contribution >= 0.6 is 0 Å². The molecule has 1 atom stereocenters. The summed E-state index contributed by atoms with van der Waals surface area (Å²) in [5, 5.41) is 7.28. The SMILES string of the molecule is CCOC(=O)C1=C(C)N(CC(=O)Nc2ccccc2CC)c2ncnn2C1c1ccc(F)cc1. The Morgan fingerprint density at radius 2 is 1.85 bits per heavy atom. The van der Waals surface area contributed by atoms with Crippen molar-refractivity contribution in [3.8, 4) is 0 Å². The van der Waals surface area contributed by atoms with Crippen LogP contribution in [-0.4, -0.2) is 39.8 Å². The molecule has 0 aliphatic carbocycles. The van der Waals surface area contributed by atoms with Crippen molar-refractivity contribution in [2.75, 3.05) is 23.4 Å². The lowest BCUT2D eigenvalue weighted by Crippen LogP contribution is -2.41. The van der Waals surface area contributed by atoms with E-state index in [-0.39, 0.29) is 24.9 Å². The van der Waals surface area contributed by atoms with Gasteiger partial charge in [0, 0.05) is 11.4 Å². The lowest BCUT2D eigenvalue weighted by atomic mass is 9.95. The maximum absolute atomic E-state index is 13.6. The second kappa shape index (κ2) is 9.86. The van der Waals surface area contributed by atoms with Gasteiger partial charge in [-0.05, 0) is 49.6 Å². The molecule has 8 nitrogen and oxygen atoms in total. The maximum Gasteiger partial charge on any atom is 0.338 e. The van der Waals surface area contributed by atoms with E-state index in [2.05, 4.69) is 15.4 Å². The minimum Gasteiger partial charge on any atom is -0.463 e. The van der Waals surface area contributed by atoms with Gasteiger partial charge in [-0.25, -0.2) is 13.9 Å². The molecule has 2 heterocycles. The summed E-state index contributed by atoms with van der Waals surface area (Å²) >= 11 is 0. The van der Waals surface area contributed by atoms with Crippen molar-refractivity contribution >= 4 is 23.5 Å². The summed E-state index contributed by atoms with van der Waals surface area (Å²) in [4.78, 5) is 32.1. The van der Waals surface area contributed by atoms with Gasteiger partial charge in [0.15, 0.2) is 0 Å². The van der Waals surface area contributed by atoms with Crippen LogP contribution in [0, 0.1) is 5.82 Å². The van der Waals surface area contributed by atoms with Crippen molar-refractivity contribution in [1.29, 1.82) is 0 Å². The van der Waals surface area contributed by atoms with E-state index < -0.39 is 12.0 Å². The van der Waals surface area contributed by atoms with E-state index in [0.717, 1.165) is 17.7 Å². The number of hydrogen-bond acceptors (Lipinski definition) is 6. The summed E-state index contributed by atoms with van der Waals surface area (Å²) in [7, 11) is 0. The quantitative estimate of drug-likeness (QED) is 0.535. The first-order valence-electron chi connectivity index (χ1n) is 11.1. The van der Waals surface area contributed by atoms with Crippen LogP contribution in [0.4, 0.5) is 16.0 Å². The number of nitrogens with zero attached hydrogens (tertiary/aromatic N) is 4. The first-order valence-corrected chi connectivity index (χ1v) is 11.1. The van der Waals surface area contributed by atoms with Crippen LogP contribution in [0.15, 0.2) is 66.1 Å². The van der Waals surface area contributed by atoms with Gasteiger partial charge in [-0.2, -0.15) is 10.1 Å². The summed E-state index contributed by atoms with van der Waals surface area (Å²) < 4.78 is 20.5. The number of carbonyl (C=O) groups excluding carboxylic acids is 2. The van der Waals surface area contributed by atoms with Crippen LogP contribution in [-0.2, 0) is 20.7 Å². The van der Waals surface area contributed by atoms with Crippen LogP contribution in [0.25, 0.3) is 0 Å². The minimum atomic E-state index is -0.669. The summed E-state index contributed by atoms with van der Waals surface area (Å²) in [5.41, 5.74) is 3.25. The number of aromatic nitrogens is 3. The molecule has 1 N–H and O–H groups in total. The molecule has 0 radical (unpaired) electrons. The minimum absolute atomic E-state index is 0.0817. The Balaban J connectivity index is 1.72. The van der Waals surface area contributed by atoms with Crippen molar-refractivity contribution in [2.24, 2.45) is 0 Å². The molecular weight excluding hydrogens is 437 g/mol. The number of anilines is 2. The number of halogens is 1. The van der Waals surface area contributed by atoms with E-state index in [1.165, 1.54) is 18.5 Å². The van der Waals surface area contributed by atoms with E-state index in [4.69, 9.17) is 4.74 Å². The highest BCUT2D eigenvalue weighted by atomic mass is 19.1. The third-order valence-corrected chi connectivity index (χ3v) is 5.76. The molecule has 1 aliphatic rings. The number of aryl methyl sites for hydroxylation is 1. The number of ether oxygens (including phenoxy) is 1. The monoisotopic (exact) mass is 463 g/mol. The number of carbonyl (C=O) groups is 2. The molecule has 3 aromatic rings. The van der Waals surface area contributed by atoms with Crippen molar-refractivity contribution < 1.29 is 18.7 Å². The molecule has 1 aromatic heterocycles. The standard InChI is InChI=1S/C25H26FN5O3/c1-4-17-8-6-7-9-20(17)29-21(32)14-30-16(3)22(24(33)34-5-2)23(31-25(30)27-15-28-31)18-10-12-19(26)13-11-18/h6-13,15,23H,4-5,14H2,1-3H3,(H,29,32). The van der Waals surface area contributed by atoms with Crippen LogP contribution in [0.5, 0.6) is 0 Å². The molecular formula is C25H26FN5O3. The molecule has 0 spiro atoms. The summed E-state index contributed by atoms with van der Waals surface area (Å²) in [6.45, 7) is 5.59. The van der Waals surface area contributed by atoms with E-state index in [9.17, 15) is 14.0 Å². The molecule has 0 bridgehead atoms. The maximum atomic E-state index is 13.6. The Morgan fingerprint density at radius 3 is 2.56 bits per heavy atom. The van der Waals surface area contributed by atoms with Crippen LogP contribution in [0.1, 0.15) is 37.9 Å². The largest absolute Gasteiger partial charge is 0.463 e. The van der Waals surface area contributed by atoms with Gasteiger partial charge in [0.2, 0.25) is 11.9 Å². The van der Waals surface area contributed by atoms with E-state index in [1.54, 1.807) is 35.6 Å². The van der Waals surface area contributed by atoms with Gasteiger partial charge in [0.1, 0.15) is 24.7 Å². The molecule has 0 fully saturated rings. The number of hydrogen-bond donors (Lipinski definition) is 1. The fraction of sp³-hybridized carbons (Fsp3) is 0.280. The number of nitrogens with one attached hydrogen (secondary N) is 1. The Hall–Kier alpha value is -4.01. The fourth-order valence-electron chi connectivity index (χ4n) is 4.13. The number of esters is 1. The van der Waals surface area contributed by atoms with Gasteiger partial charge >= 0.3 is 5.97 Å². The number of allylic oxidation sites excluding steroid dienone is 1. The van der Waals surface area contributed by atoms with E-state index in [1.807, 2.05) is 31.2 Å². The second-order valence-corrected chi connectivity index (χ2v) is 7.82. The van der Waals surface area contributed by atoms with E-state index >= 15 is 0 Å². The Bertz CT molecular complexity index is 1240. The zero-order valence-electron chi connectivity index (χ0n) is 19.3. The van der Waals surface area contributed by atoms with Crippen molar-refractivity contribution in [3.63, 3.8) is 0 Å². The molecule has 0 saturated carbocycles. The topological polar surface area (TPSA) is 89.3 Å². The van der Waals surface area contributed by atoms with Crippen molar-refractivity contribution in [3.05, 3.63) is 83.1 Å². The molecule has 1 unspecified atom stereocenters. The first kappa shape index (κ1) is 23.2. The van der Waals surface area contributed by atoms with Gasteiger partial charge in [-0.1, -0.05) is 37.3 Å². The molecule has 1 amide bonds. The first-order chi connectivity index (χ1) is 16.4. The molecule has 9 heteroatoms. The number of benzene rings is 2. The zero-order valence-corrected chi connectivity index (χ0v) is 19.3. The van der Waals surface area contributed by atoms with Crippen LogP contribution in [0.3, 0.4) is 0 Å². The number of amides is 1. The van der Waals surface area contributed by atoms with Crippen molar-refractivity contribution in [1.82, 2.24) is 14.8 Å². The third kappa shape index (κ3) is 4.41. The Labute approximate surface area is 197 Å². The Morgan fingerprint density at radius 1 is 1.12 bits per heavy atom. The second-order valence-electron chi connectivity index (χ2n) is 7.82. The highest BCUT2D eigenvalue weighted by Gasteiger charge is 2.38. The highest BCUT2D eigenvalue weighted by Crippen LogP contribution is 2.38. The lowest BCUT2D eigenvalue weighted by molar-refractivity contribution is -0.139. The predicted octanol–water partition coefficient (Wildman–Crippen LogP) is 3.86. The average molecular weight is 464 g/mol. The normalized spacial score (nSPS) is 15.2. The number of fused-ring (bicyclic) bond motifs is 1. The Kier molecular flexibility index (Phi) is 6.72. The average Bonchev–Trinajstić information content (AvgIpc) is 3.31. The van der Waals surface area contributed by atoms with Gasteiger partial charge in [0.05, 0.1) is 12.2 Å². The molecule has 2 aromatic carbocycles. The summed E-state index contributed by atoms with van der Waals surface area (Å²) in [5.74, 6) is -0.781. The van der Waals surface area contributed by atoms with E-state index in [0.29, 0.717) is 22.8 Å². The zero-order chi connectivity index (χ0) is 24.2. The summed E-state index contributed by atoms with van der Waals surface area (Å²) in [6.07, 6.45) is 2.14. The number of rotatable bonds is 7. The predicted molar refractivity (Wildman–Crippen MR) is 126 cm³/mol. The lowest BCUT2D eigenvalue weighted by Gasteiger charge is -2.35. The highest BCUT2D eigenvalue weighted by molar-refractivity contribution is 5.97. The van der Waals surface area contributed by atoms with Gasteiger partial charge < -0.3 is 15.0 Å². The van der Waals surface area contributed by atoms with Crippen LogP contribution < -0.4 is 10.2 Å². The molecule has 176 valence electrons. The molecule has 34 heavy (non-hydrogen) atoms. The summed E-state index contributed by atoms with van der Waals surface area (Å²) in [6, 6.07) is 12.8. The number of para-hydroxylation sites is 1. The van der Waals surface area contributed by atoms with Gasteiger partial charge in [-0.15, -0.1) is 0 Å². The van der Waals surface area contributed by atoms with Gasteiger partial charge in [0.25, 0.3) is 0 Å². The fourth-order valence-corrected chi connectivity index (χ4v) is 4.13. The third-order valence-electron chi connectivity index (χ3n) is 5.76. The smallest absolute Gasteiger partial charge is 0.338 e. The molecule has 0 saturated heterocycles. The molecule has 4 rings (SSSR count). The van der Waals surface area contributed by atoms with Crippen molar-refractivity contribution in [2.45, 2.75) is 33.2 Å². The van der Waals surface area contributed by atoms with Gasteiger partial charge in [-0.3, -0.25) is 4.79 Å².